The maximum absolute atomic E-state index is 10.9. The molecule has 0 aromatic carbocycles. The van der Waals surface area contributed by atoms with Crippen molar-refractivity contribution in [1.82, 2.24) is 0 Å². The fourth-order valence-corrected chi connectivity index (χ4v) is 2.30. The van der Waals surface area contributed by atoms with Crippen molar-refractivity contribution in [3.8, 4) is 0 Å². The number of hydrogen-bond donors (Lipinski definition) is 1. The van der Waals surface area contributed by atoms with Gasteiger partial charge in [-0.1, -0.05) is 71.3 Å². The fraction of sp³-hybridized carbons (Fsp3) is 0.824. The van der Waals surface area contributed by atoms with Crippen LogP contribution >= 0.6 is 0 Å². The molecule has 0 spiro atoms. The van der Waals surface area contributed by atoms with Gasteiger partial charge >= 0.3 is 5.97 Å². The highest BCUT2D eigenvalue weighted by Crippen LogP contribution is 2.14. The summed E-state index contributed by atoms with van der Waals surface area (Å²) in [7, 11) is 0. The molecule has 0 aromatic rings. The van der Waals surface area contributed by atoms with E-state index in [1.54, 1.807) is 0 Å². The number of esters is 1. The number of unbranched alkanes of at least 4 members (excludes halogenated alkanes) is 8. The second-order valence-electron chi connectivity index (χ2n) is 5.49. The molecule has 0 amide bonds. The molecule has 2 atom stereocenters. The Morgan fingerprint density at radius 1 is 1.10 bits per heavy atom. The molecule has 0 bridgehead atoms. The van der Waals surface area contributed by atoms with E-state index in [1.165, 1.54) is 57.9 Å². The van der Waals surface area contributed by atoms with Crippen LogP contribution in [-0.4, -0.2) is 23.3 Å². The van der Waals surface area contributed by atoms with Gasteiger partial charge < -0.3 is 9.84 Å². The molecule has 0 aliphatic rings. The molecular weight excluding hydrogens is 252 g/mol. The Hall–Kier alpha value is -0.830. The van der Waals surface area contributed by atoms with Crippen molar-refractivity contribution < 1.29 is 14.6 Å². The van der Waals surface area contributed by atoms with E-state index < -0.39 is 12.2 Å². The van der Waals surface area contributed by atoms with Gasteiger partial charge in [0.15, 0.2) is 0 Å². The van der Waals surface area contributed by atoms with Crippen LogP contribution in [-0.2, 0) is 9.53 Å². The lowest BCUT2D eigenvalue weighted by Gasteiger charge is -2.19. The van der Waals surface area contributed by atoms with Crippen molar-refractivity contribution in [2.75, 3.05) is 0 Å². The highest BCUT2D eigenvalue weighted by molar-refractivity contribution is 5.66. The van der Waals surface area contributed by atoms with Crippen LogP contribution in [0.15, 0.2) is 12.7 Å². The van der Waals surface area contributed by atoms with Gasteiger partial charge in [0.25, 0.3) is 0 Å². The van der Waals surface area contributed by atoms with E-state index in [9.17, 15) is 9.90 Å². The zero-order chi connectivity index (χ0) is 15.2. The van der Waals surface area contributed by atoms with E-state index in [4.69, 9.17) is 4.74 Å². The summed E-state index contributed by atoms with van der Waals surface area (Å²) in [6.45, 7) is 7.17. The minimum absolute atomic E-state index is 0.374. The zero-order valence-corrected chi connectivity index (χ0v) is 13.3. The predicted octanol–water partition coefficient (Wildman–Crippen LogP) is 4.39. The van der Waals surface area contributed by atoms with Gasteiger partial charge in [-0.3, -0.25) is 4.79 Å². The summed E-state index contributed by atoms with van der Waals surface area (Å²) < 4.78 is 4.99. The molecule has 0 radical (unpaired) electrons. The fourth-order valence-electron chi connectivity index (χ4n) is 2.30. The molecule has 0 saturated heterocycles. The van der Waals surface area contributed by atoms with Crippen LogP contribution in [0.2, 0.25) is 0 Å². The summed E-state index contributed by atoms with van der Waals surface area (Å²) in [5, 5.41) is 9.91. The van der Waals surface area contributed by atoms with E-state index in [0.29, 0.717) is 6.42 Å². The van der Waals surface area contributed by atoms with Crippen molar-refractivity contribution in [2.24, 2.45) is 0 Å². The molecule has 1 N–H and O–H groups in total. The van der Waals surface area contributed by atoms with E-state index in [1.807, 2.05) is 0 Å². The lowest BCUT2D eigenvalue weighted by Crippen LogP contribution is -2.28. The van der Waals surface area contributed by atoms with Gasteiger partial charge in [-0.2, -0.15) is 0 Å². The normalized spacial score (nSPS) is 13.8. The Labute approximate surface area is 124 Å². The molecule has 3 nitrogen and oxygen atoms in total. The number of ether oxygens (including phenoxy) is 1. The molecule has 3 heteroatoms. The molecule has 0 aromatic heterocycles. The molecule has 0 saturated carbocycles. The average Bonchev–Trinajstić information content (AvgIpc) is 2.42. The summed E-state index contributed by atoms with van der Waals surface area (Å²) in [5.74, 6) is -0.374. The van der Waals surface area contributed by atoms with E-state index in [-0.39, 0.29) is 5.97 Å². The summed E-state index contributed by atoms with van der Waals surface area (Å²) in [6.07, 6.45) is 12.3. The number of carbonyl (C=O) groups is 1. The van der Waals surface area contributed by atoms with Crippen molar-refractivity contribution in [2.45, 2.75) is 90.3 Å². The first kappa shape index (κ1) is 19.2. The first-order chi connectivity index (χ1) is 9.61. The Kier molecular flexibility index (Phi) is 12.6. The van der Waals surface area contributed by atoms with Gasteiger partial charge in [-0.15, -0.1) is 0 Å². The maximum atomic E-state index is 10.9. The average molecular weight is 284 g/mol. The molecule has 118 valence electrons. The molecule has 0 heterocycles. The van der Waals surface area contributed by atoms with Crippen LogP contribution in [0.1, 0.15) is 78.1 Å². The molecule has 0 fully saturated rings. The lowest BCUT2D eigenvalue weighted by atomic mass is 10.0. The number of rotatable bonds is 13. The number of carbonyl (C=O) groups excluding carboxylic acids is 1. The van der Waals surface area contributed by atoms with Crippen LogP contribution in [0, 0.1) is 0 Å². The van der Waals surface area contributed by atoms with Gasteiger partial charge in [-0.25, -0.2) is 0 Å². The number of aliphatic hydroxyl groups is 1. The van der Waals surface area contributed by atoms with Crippen LogP contribution in [0.25, 0.3) is 0 Å². The van der Waals surface area contributed by atoms with Gasteiger partial charge in [0, 0.05) is 6.92 Å². The minimum Gasteiger partial charge on any atom is -0.456 e. The third-order valence-corrected chi connectivity index (χ3v) is 3.52. The summed E-state index contributed by atoms with van der Waals surface area (Å²) >= 11 is 0. The summed E-state index contributed by atoms with van der Waals surface area (Å²) in [5.41, 5.74) is 0. The topological polar surface area (TPSA) is 46.5 Å². The van der Waals surface area contributed by atoms with E-state index in [2.05, 4.69) is 13.5 Å². The Balaban J connectivity index is 3.48. The second-order valence-corrected chi connectivity index (χ2v) is 5.49. The van der Waals surface area contributed by atoms with Gasteiger partial charge in [0.1, 0.15) is 6.10 Å². The smallest absolute Gasteiger partial charge is 0.303 e. The second kappa shape index (κ2) is 13.2. The van der Waals surface area contributed by atoms with Crippen molar-refractivity contribution >= 4 is 5.97 Å². The largest absolute Gasteiger partial charge is 0.456 e. The Bertz CT molecular complexity index is 251. The zero-order valence-electron chi connectivity index (χ0n) is 13.3. The number of hydrogen-bond acceptors (Lipinski definition) is 3. The van der Waals surface area contributed by atoms with E-state index >= 15 is 0 Å². The molecular formula is C17H32O3. The highest BCUT2D eigenvalue weighted by atomic mass is 16.6. The van der Waals surface area contributed by atoms with Crippen molar-refractivity contribution in [3.05, 3.63) is 12.7 Å². The van der Waals surface area contributed by atoms with Crippen LogP contribution in [0.3, 0.4) is 0 Å². The highest BCUT2D eigenvalue weighted by Gasteiger charge is 2.17. The molecule has 0 aliphatic carbocycles. The third kappa shape index (κ3) is 11.0. The standard InChI is InChI=1S/C17H32O3/c1-4-6-7-8-9-10-11-12-13-14-16(19)17(5-2)20-15(3)18/h5,16-17,19H,2,4,6-14H2,1,3H3. The van der Waals surface area contributed by atoms with Crippen molar-refractivity contribution in [3.63, 3.8) is 0 Å². The van der Waals surface area contributed by atoms with Crippen LogP contribution < -0.4 is 0 Å². The minimum atomic E-state index is -0.624. The number of aliphatic hydroxyl groups excluding tert-OH is 1. The maximum Gasteiger partial charge on any atom is 0.303 e. The SMILES string of the molecule is C=CC(OC(C)=O)C(O)CCCCCCCCCCC. The van der Waals surface area contributed by atoms with Crippen LogP contribution in [0.5, 0.6) is 0 Å². The van der Waals surface area contributed by atoms with Gasteiger partial charge in [-0.05, 0) is 12.5 Å². The third-order valence-electron chi connectivity index (χ3n) is 3.52. The van der Waals surface area contributed by atoms with Crippen LogP contribution in [0.4, 0.5) is 0 Å². The Morgan fingerprint density at radius 3 is 2.05 bits per heavy atom. The lowest BCUT2D eigenvalue weighted by molar-refractivity contribution is -0.149. The van der Waals surface area contributed by atoms with Gasteiger partial charge in [0.05, 0.1) is 6.10 Å². The summed E-state index contributed by atoms with van der Waals surface area (Å²) in [6, 6.07) is 0. The molecule has 0 rings (SSSR count). The quantitative estimate of drug-likeness (QED) is 0.310. The van der Waals surface area contributed by atoms with E-state index in [0.717, 1.165) is 12.8 Å². The predicted molar refractivity (Wildman–Crippen MR) is 83.6 cm³/mol. The first-order valence-electron chi connectivity index (χ1n) is 8.09. The van der Waals surface area contributed by atoms with Gasteiger partial charge in [0.2, 0.25) is 0 Å². The molecule has 0 aliphatic heterocycles. The monoisotopic (exact) mass is 284 g/mol. The summed E-state index contributed by atoms with van der Waals surface area (Å²) in [4.78, 5) is 10.9. The van der Waals surface area contributed by atoms with Crippen molar-refractivity contribution in [1.29, 1.82) is 0 Å². The molecule has 20 heavy (non-hydrogen) atoms. The Morgan fingerprint density at radius 2 is 1.60 bits per heavy atom. The first-order valence-corrected chi connectivity index (χ1v) is 8.09. The molecule has 2 unspecified atom stereocenters.